The summed E-state index contributed by atoms with van der Waals surface area (Å²) < 4.78 is 28.3. The highest BCUT2D eigenvalue weighted by atomic mass is 79.9. The predicted molar refractivity (Wildman–Crippen MR) is 71.0 cm³/mol. The Kier molecular flexibility index (Phi) is 3.63. The molecular weight excluding hydrogens is 322 g/mol. The molecule has 0 bridgehead atoms. The summed E-state index contributed by atoms with van der Waals surface area (Å²) in [5.41, 5.74) is 6.41. The molecule has 0 aliphatic carbocycles. The van der Waals surface area contributed by atoms with E-state index in [1.165, 1.54) is 6.07 Å². The maximum atomic E-state index is 11.8. The lowest BCUT2D eigenvalue weighted by molar-refractivity contribution is 0.0356. The number of carbonyl (C=O) groups is 1. The fraction of sp³-hybridized carbons (Fsp3) is 0.364. The molecule has 0 spiro atoms. The number of esters is 1. The van der Waals surface area contributed by atoms with E-state index in [1.807, 2.05) is 0 Å². The molecule has 1 fully saturated rings. The van der Waals surface area contributed by atoms with Gasteiger partial charge >= 0.3 is 5.97 Å². The molecule has 1 aliphatic rings. The highest BCUT2D eigenvalue weighted by Crippen LogP contribution is 2.22. The molecule has 1 aliphatic heterocycles. The van der Waals surface area contributed by atoms with Crippen molar-refractivity contribution in [2.45, 2.75) is 12.5 Å². The molecule has 0 saturated carbocycles. The molecule has 1 saturated heterocycles. The molecule has 0 amide bonds. The Morgan fingerprint density at radius 2 is 2.17 bits per heavy atom. The first-order valence-corrected chi connectivity index (χ1v) is 7.95. The minimum absolute atomic E-state index is 0.0768. The zero-order chi connectivity index (χ0) is 13.3. The van der Waals surface area contributed by atoms with Crippen molar-refractivity contribution in [1.29, 1.82) is 0 Å². The quantitative estimate of drug-likeness (QED) is 0.652. The monoisotopic (exact) mass is 333 g/mol. The fourth-order valence-corrected chi connectivity index (χ4v) is 3.58. The Labute approximate surface area is 113 Å². The van der Waals surface area contributed by atoms with Crippen LogP contribution in [0.2, 0.25) is 0 Å². The van der Waals surface area contributed by atoms with Crippen LogP contribution in [-0.4, -0.2) is 32.0 Å². The van der Waals surface area contributed by atoms with Crippen molar-refractivity contribution >= 4 is 37.4 Å². The van der Waals surface area contributed by atoms with E-state index in [9.17, 15) is 13.2 Å². The Balaban J connectivity index is 2.06. The summed E-state index contributed by atoms with van der Waals surface area (Å²) in [5.74, 6) is -0.561. The van der Waals surface area contributed by atoms with Crippen molar-refractivity contribution in [1.82, 2.24) is 0 Å². The molecule has 1 aromatic rings. The fourth-order valence-electron chi connectivity index (χ4n) is 1.74. The molecule has 0 radical (unpaired) electrons. The molecule has 1 unspecified atom stereocenters. The topological polar surface area (TPSA) is 86.5 Å². The van der Waals surface area contributed by atoms with E-state index in [2.05, 4.69) is 15.9 Å². The Morgan fingerprint density at radius 1 is 1.44 bits per heavy atom. The first-order valence-electron chi connectivity index (χ1n) is 5.34. The molecule has 1 atom stereocenters. The SMILES string of the molecule is Nc1cc(C(=O)OC2CCS(=O)(=O)C2)ccc1Br. The smallest absolute Gasteiger partial charge is 0.338 e. The number of hydrogen-bond donors (Lipinski definition) is 1. The summed E-state index contributed by atoms with van der Waals surface area (Å²) in [6.07, 6.45) is -0.188. The summed E-state index contributed by atoms with van der Waals surface area (Å²) in [6, 6.07) is 4.72. The third-order valence-electron chi connectivity index (χ3n) is 2.70. The molecule has 7 heteroatoms. The maximum Gasteiger partial charge on any atom is 0.338 e. The Hall–Kier alpha value is -1.08. The molecule has 2 N–H and O–H groups in total. The van der Waals surface area contributed by atoms with Gasteiger partial charge in [0.2, 0.25) is 0 Å². The average Bonchev–Trinajstić information content (AvgIpc) is 2.62. The van der Waals surface area contributed by atoms with Gasteiger partial charge in [-0.2, -0.15) is 0 Å². The molecule has 98 valence electrons. The van der Waals surface area contributed by atoms with Crippen LogP contribution in [0.1, 0.15) is 16.8 Å². The third kappa shape index (κ3) is 3.02. The van der Waals surface area contributed by atoms with Crippen LogP contribution in [-0.2, 0) is 14.6 Å². The van der Waals surface area contributed by atoms with Crippen molar-refractivity contribution in [3.8, 4) is 0 Å². The summed E-state index contributed by atoms with van der Waals surface area (Å²) >= 11 is 3.23. The number of halogens is 1. The highest BCUT2D eigenvalue weighted by molar-refractivity contribution is 9.10. The number of sulfone groups is 1. The van der Waals surface area contributed by atoms with Crippen LogP contribution >= 0.6 is 15.9 Å². The second-order valence-corrected chi connectivity index (χ2v) is 7.25. The predicted octanol–water partition coefficient (Wildman–Crippen LogP) is 1.38. The van der Waals surface area contributed by atoms with E-state index in [0.29, 0.717) is 22.1 Å². The second kappa shape index (κ2) is 4.89. The van der Waals surface area contributed by atoms with E-state index in [-0.39, 0.29) is 11.5 Å². The van der Waals surface area contributed by atoms with Gasteiger partial charge in [-0.15, -0.1) is 0 Å². The minimum atomic E-state index is -3.05. The van der Waals surface area contributed by atoms with Gasteiger partial charge < -0.3 is 10.5 Å². The van der Waals surface area contributed by atoms with Gasteiger partial charge in [0.15, 0.2) is 9.84 Å². The van der Waals surface area contributed by atoms with Crippen LogP contribution in [0, 0.1) is 0 Å². The molecule has 0 aromatic heterocycles. The van der Waals surface area contributed by atoms with Crippen molar-refractivity contribution in [2.24, 2.45) is 0 Å². The average molecular weight is 334 g/mol. The molecular formula is C11H12BrNO4S. The molecule has 1 heterocycles. The lowest BCUT2D eigenvalue weighted by Crippen LogP contribution is -2.19. The van der Waals surface area contributed by atoms with Gasteiger partial charge in [0, 0.05) is 10.2 Å². The minimum Gasteiger partial charge on any atom is -0.458 e. The van der Waals surface area contributed by atoms with Crippen molar-refractivity contribution in [3.05, 3.63) is 28.2 Å². The van der Waals surface area contributed by atoms with Crippen LogP contribution in [0.15, 0.2) is 22.7 Å². The number of carbonyl (C=O) groups excluding carboxylic acids is 1. The Morgan fingerprint density at radius 3 is 2.72 bits per heavy atom. The number of hydrogen-bond acceptors (Lipinski definition) is 5. The third-order valence-corrected chi connectivity index (χ3v) is 5.16. The highest BCUT2D eigenvalue weighted by Gasteiger charge is 2.30. The van der Waals surface area contributed by atoms with E-state index in [1.54, 1.807) is 12.1 Å². The summed E-state index contributed by atoms with van der Waals surface area (Å²) in [7, 11) is -3.05. The van der Waals surface area contributed by atoms with Crippen LogP contribution in [0.5, 0.6) is 0 Å². The van der Waals surface area contributed by atoms with Crippen LogP contribution < -0.4 is 5.73 Å². The number of anilines is 1. The lowest BCUT2D eigenvalue weighted by atomic mass is 10.2. The van der Waals surface area contributed by atoms with Gasteiger partial charge in [-0.25, -0.2) is 13.2 Å². The standard InChI is InChI=1S/C11H12BrNO4S/c12-9-2-1-7(5-10(9)13)11(14)17-8-3-4-18(15,16)6-8/h1-2,5,8H,3-4,6,13H2. The summed E-state index contributed by atoms with van der Waals surface area (Å²) in [6.45, 7) is 0. The summed E-state index contributed by atoms with van der Waals surface area (Å²) in [4.78, 5) is 11.8. The van der Waals surface area contributed by atoms with E-state index < -0.39 is 21.9 Å². The van der Waals surface area contributed by atoms with E-state index in [0.717, 1.165) is 0 Å². The maximum absolute atomic E-state index is 11.8. The van der Waals surface area contributed by atoms with Gasteiger partial charge in [0.05, 0.1) is 17.1 Å². The normalized spacial score (nSPS) is 21.7. The molecule has 18 heavy (non-hydrogen) atoms. The van der Waals surface area contributed by atoms with Crippen molar-refractivity contribution in [2.75, 3.05) is 17.2 Å². The number of benzene rings is 1. The Bertz CT molecular complexity index is 585. The van der Waals surface area contributed by atoms with Gasteiger partial charge in [0.1, 0.15) is 6.10 Å². The van der Waals surface area contributed by atoms with Crippen LogP contribution in [0.3, 0.4) is 0 Å². The first kappa shape index (κ1) is 13.4. The van der Waals surface area contributed by atoms with Crippen molar-refractivity contribution in [3.63, 3.8) is 0 Å². The largest absolute Gasteiger partial charge is 0.458 e. The van der Waals surface area contributed by atoms with Crippen LogP contribution in [0.25, 0.3) is 0 Å². The zero-order valence-electron chi connectivity index (χ0n) is 9.43. The number of ether oxygens (including phenoxy) is 1. The van der Waals surface area contributed by atoms with E-state index >= 15 is 0 Å². The van der Waals surface area contributed by atoms with Gasteiger partial charge in [0.25, 0.3) is 0 Å². The van der Waals surface area contributed by atoms with Gasteiger partial charge in [-0.3, -0.25) is 0 Å². The van der Waals surface area contributed by atoms with Crippen LogP contribution in [0.4, 0.5) is 5.69 Å². The number of rotatable bonds is 2. The van der Waals surface area contributed by atoms with Gasteiger partial charge in [-0.1, -0.05) is 0 Å². The first-order chi connectivity index (χ1) is 8.37. The second-order valence-electron chi connectivity index (χ2n) is 4.17. The number of nitrogen functional groups attached to an aromatic ring is 1. The summed E-state index contributed by atoms with van der Waals surface area (Å²) in [5, 5.41) is 0. The molecule has 1 aromatic carbocycles. The van der Waals surface area contributed by atoms with Gasteiger partial charge in [-0.05, 0) is 40.5 Å². The molecule has 2 rings (SSSR count). The zero-order valence-corrected chi connectivity index (χ0v) is 11.8. The number of nitrogens with two attached hydrogens (primary N) is 1. The van der Waals surface area contributed by atoms with Crippen molar-refractivity contribution < 1.29 is 17.9 Å². The van der Waals surface area contributed by atoms with E-state index in [4.69, 9.17) is 10.5 Å². The molecule has 5 nitrogen and oxygen atoms in total. The lowest BCUT2D eigenvalue weighted by Gasteiger charge is -2.10.